The predicted octanol–water partition coefficient (Wildman–Crippen LogP) is 5.38. The number of ether oxygens (including phenoxy) is 8. The monoisotopic (exact) mass is 798 g/mol. The number of benzene rings is 3. The Morgan fingerprint density at radius 2 is 1.03 bits per heavy atom. The minimum Gasteiger partial charge on any atom is -0.486 e. The van der Waals surface area contributed by atoms with Gasteiger partial charge in [0.15, 0.2) is 41.0 Å². The first-order chi connectivity index (χ1) is 27.4. The van der Waals surface area contributed by atoms with Crippen molar-refractivity contribution in [2.75, 3.05) is 0 Å². The number of carbonyl (C=O) groups excluding carboxylic acids is 8. The number of hydrogen-bond acceptors (Lipinski definition) is 16. The van der Waals surface area contributed by atoms with Gasteiger partial charge in [0.1, 0.15) is 17.3 Å². The smallest absolute Gasteiger partial charge is 0.308 e. The van der Waals surface area contributed by atoms with E-state index in [2.05, 4.69) is 0 Å². The van der Waals surface area contributed by atoms with Crippen LogP contribution in [0.2, 0.25) is 0 Å². The highest BCUT2D eigenvalue weighted by Crippen LogP contribution is 2.65. The van der Waals surface area contributed by atoms with Gasteiger partial charge in [0.2, 0.25) is 0 Å². The second-order valence-corrected chi connectivity index (χ2v) is 13.9. The summed E-state index contributed by atoms with van der Waals surface area (Å²) in [5.74, 6) is -8.71. The largest absolute Gasteiger partial charge is 0.486 e. The van der Waals surface area contributed by atoms with Crippen molar-refractivity contribution < 1.29 is 76.3 Å². The summed E-state index contributed by atoms with van der Waals surface area (Å²) in [6.45, 7) is 8.25. The molecule has 16 heteroatoms. The van der Waals surface area contributed by atoms with Crippen LogP contribution in [-0.2, 0) is 47.8 Å². The maximum atomic E-state index is 14.0. The van der Waals surface area contributed by atoms with Gasteiger partial charge in [0, 0.05) is 95.9 Å². The lowest BCUT2D eigenvalue weighted by Gasteiger charge is -2.43. The first-order valence-electron chi connectivity index (χ1n) is 18.0. The van der Waals surface area contributed by atoms with Crippen molar-refractivity contribution in [1.82, 2.24) is 0 Å². The van der Waals surface area contributed by atoms with E-state index < -0.39 is 77.7 Å². The van der Waals surface area contributed by atoms with Crippen molar-refractivity contribution in [3.8, 4) is 34.5 Å². The van der Waals surface area contributed by atoms with Crippen LogP contribution >= 0.6 is 0 Å². The third-order valence-corrected chi connectivity index (χ3v) is 9.54. The zero-order valence-electron chi connectivity index (χ0n) is 32.4. The van der Waals surface area contributed by atoms with Crippen LogP contribution in [-0.4, -0.2) is 53.7 Å². The Hall–Kier alpha value is -6.84. The van der Waals surface area contributed by atoms with Crippen molar-refractivity contribution >= 4 is 47.6 Å². The fourth-order valence-electron chi connectivity index (χ4n) is 7.99. The van der Waals surface area contributed by atoms with Crippen LogP contribution in [0.1, 0.15) is 101 Å². The summed E-state index contributed by atoms with van der Waals surface area (Å²) in [5, 5.41) is 0. The van der Waals surface area contributed by atoms with E-state index in [1.807, 2.05) is 0 Å². The van der Waals surface area contributed by atoms with Gasteiger partial charge in [0.05, 0.1) is 0 Å². The van der Waals surface area contributed by atoms with Crippen molar-refractivity contribution in [1.29, 1.82) is 0 Å². The molecule has 1 unspecified atom stereocenters. The Labute approximate surface area is 331 Å². The van der Waals surface area contributed by atoms with Crippen LogP contribution in [0.3, 0.4) is 0 Å². The van der Waals surface area contributed by atoms with Crippen LogP contribution in [0.15, 0.2) is 60.4 Å². The Bertz CT molecular complexity index is 2300. The molecule has 0 bridgehead atoms. The summed E-state index contributed by atoms with van der Waals surface area (Å²) in [7, 11) is 0. The molecule has 3 aliphatic rings. The van der Waals surface area contributed by atoms with Crippen LogP contribution in [0, 0.1) is 5.92 Å². The van der Waals surface area contributed by atoms with E-state index >= 15 is 0 Å². The molecular formula is C42H38O16. The lowest BCUT2D eigenvalue weighted by atomic mass is 9.71. The van der Waals surface area contributed by atoms with Gasteiger partial charge >= 0.3 is 41.8 Å². The molecule has 16 nitrogen and oxygen atoms in total. The normalized spacial score (nSPS) is 21.4. The van der Waals surface area contributed by atoms with E-state index in [1.54, 1.807) is 12.1 Å². The van der Waals surface area contributed by atoms with Crippen LogP contribution in [0.5, 0.6) is 34.5 Å². The molecule has 58 heavy (non-hydrogen) atoms. The zero-order chi connectivity index (χ0) is 42.2. The molecule has 1 heterocycles. The molecule has 0 aromatic heterocycles. The molecule has 0 saturated carbocycles. The van der Waals surface area contributed by atoms with Crippen molar-refractivity contribution in [3.63, 3.8) is 0 Å². The molecule has 302 valence electrons. The topological polar surface area (TPSA) is 210 Å². The fourth-order valence-corrected chi connectivity index (χ4v) is 7.99. The molecule has 1 saturated heterocycles. The molecule has 3 aromatic carbocycles. The van der Waals surface area contributed by atoms with Crippen molar-refractivity contribution in [2.24, 2.45) is 5.92 Å². The van der Waals surface area contributed by atoms with Gasteiger partial charge < -0.3 is 37.9 Å². The maximum Gasteiger partial charge on any atom is 0.308 e. The summed E-state index contributed by atoms with van der Waals surface area (Å²) in [6.07, 6.45) is -1.24. The lowest BCUT2D eigenvalue weighted by Crippen LogP contribution is -2.41. The average Bonchev–Trinajstić information content (AvgIpc) is 3.35. The second kappa shape index (κ2) is 16.3. The van der Waals surface area contributed by atoms with Crippen LogP contribution < -0.4 is 28.4 Å². The lowest BCUT2D eigenvalue weighted by molar-refractivity contribution is -0.163. The van der Waals surface area contributed by atoms with Gasteiger partial charge in [-0.05, 0) is 47.4 Å². The summed E-state index contributed by atoms with van der Waals surface area (Å²) in [4.78, 5) is 100. The second-order valence-electron chi connectivity index (χ2n) is 13.9. The third-order valence-electron chi connectivity index (χ3n) is 9.54. The standard InChI is InChI=1S/C42H38O16/c1-18(43)51-28-16-30-37-29(25-8-10-31(52-19(2)44)33(12-25)54-21(4)46)14-27(50)15-35-39(37)40(38(30)36(17-28)56-23(6)48)42(57-24(7)49)41(58-35)26-9-11-32(53-20(3)45)34(13-26)55-22(5)47/h8-13,15-17,29,37,39-42H,14H2,1-7H3/t29-,37+,39?,40+,41+,42-/m0/s1. The van der Waals surface area contributed by atoms with E-state index in [9.17, 15) is 38.4 Å². The Morgan fingerprint density at radius 1 is 0.534 bits per heavy atom. The van der Waals surface area contributed by atoms with Gasteiger partial charge in [-0.3, -0.25) is 38.4 Å². The molecule has 2 aliphatic carbocycles. The van der Waals surface area contributed by atoms with Crippen molar-refractivity contribution in [3.05, 3.63) is 82.6 Å². The molecule has 0 spiro atoms. The molecule has 6 rings (SSSR count). The van der Waals surface area contributed by atoms with Crippen LogP contribution in [0.25, 0.3) is 0 Å². The molecule has 6 atom stereocenters. The minimum atomic E-state index is -1.22. The molecule has 3 aromatic rings. The average molecular weight is 799 g/mol. The highest BCUT2D eigenvalue weighted by atomic mass is 16.6. The number of hydrogen-bond donors (Lipinski definition) is 0. The first-order valence-corrected chi connectivity index (χ1v) is 18.0. The molecule has 0 amide bonds. The number of carbonyl (C=O) groups is 8. The molecular weight excluding hydrogens is 760 g/mol. The highest BCUT2D eigenvalue weighted by Gasteiger charge is 2.59. The maximum absolute atomic E-state index is 14.0. The summed E-state index contributed by atoms with van der Waals surface area (Å²) < 4.78 is 45.4. The van der Waals surface area contributed by atoms with E-state index in [1.165, 1.54) is 84.0 Å². The molecule has 0 radical (unpaired) electrons. The Morgan fingerprint density at radius 3 is 1.57 bits per heavy atom. The Balaban J connectivity index is 1.62. The summed E-state index contributed by atoms with van der Waals surface area (Å²) >= 11 is 0. The highest BCUT2D eigenvalue weighted by molar-refractivity contribution is 5.92. The number of allylic oxidation sites excluding steroid dienone is 2. The number of ketones is 1. The first kappa shape index (κ1) is 40.8. The Kier molecular flexibility index (Phi) is 11.5. The predicted molar refractivity (Wildman–Crippen MR) is 196 cm³/mol. The SMILES string of the molecule is CC(=O)Oc1cc(OC(C)=O)c2c(c1)[C@@H]1C3C(=CC(=O)C[C@H]1c1ccc(OC(C)=O)c(OC(C)=O)c1)O[C@H](c1ccc(OC(C)=O)c(OC(C)=O)c1)[C@@H](OC(C)=O)[C@H]23. The van der Waals surface area contributed by atoms with E-state index in [4.69, 9.17) is 37.9 Å². The minimum absolute atomic E-state index is 0.0143. The van der Waals surface area contributed by atoms with Gasteiger partial charge in [-0.15, -0.1) is 0 Å². The van der Waals surface area contributed by atoms with E-state index in [0.717, 1.165) is 6.92 Å². The van der Waals surface area contributed by atoms with Gasteiger partial charge in [-0.1, -0.05) is 12.1 Å². The van der Waals surface area contributed by atoms with Crippen molar-refractivity contribution in [2.45, 2.75) is 84.8 Å². The van der Waals surface area contributed by atoms with Gasteiger partial charge in [-0.2, -0.15) is 0 Å². The van der Waals surface area contributed by atoms with Gasteiger partial charge in [0.25, 0.3) is 0 Å². The molecule has 1 fully saturated rings. The van der Waals surface area contributed by atoms with Gasteiger partial charge in [-0.25, -0.2) is 0 Å². The molecule has 1 aliphatic heterocycles. The number of fused-ring (bicyclic) bond motifs is 3. The zero-order valence-corrected chi connectivity index (χ0v) is 32.4. The third kappa shape index (κ3) is 8.60. The fraction of sp³-hybridized carbons (Fsp3) is 0.333. The molecule has 0 N–H and O–H groups in total. The summed E-state index contributed by atoms with van der Waals surface area (Å²) in [5.41, 5.74) is 1.60. The number of rotatable bonds is 9. The number of esters is 7. The van der Waals surface area contributed by atoms with E-state index in [0.29, 0.717) is 16.7 Å². The quantitative estimate of drug-likeness (QED) is 0.196. The van der Waals surface area contributed by atoms with E-state index in [-0.39, 0.29) is 58.0 Å². The van der Waals surface area contributed by atoms with Crippen LogP contribution in [0.4, 0.5) is 0 Å². The summed E-state index contributed by atoms with van der Waals surface area (Å²) in [6, 6.07) is 11.7.